The van der Waals surface area contributed by atoms with Gasteiger partial charge in [-0.1, -0.05) is 6.92 Å². The lowest BCUT2D eigenvalue weighted by Crippen LogP contribution is -1.97. The highest BCUT2D eigenvalue weighted by Crippen LogP contribution is 2.19. The van der Waals surface area contributed by atoms with E-state index in [1.165, 1.54) is 6.07 Å². The van der Waals surface area contributed by atoms with Crippen LogP contribution in [0, 0.1) is 5.82 Å². The monoisotopic (exact) mass is 168 g/mol. The van der Waals surface area contributed by atoms with E-state index in [1.54, 1.807) is 6.92 Å². The number of carbonyl (C=O) groups excluding carboxylic acids is 1. The summed E-state index contributed by atoms with van der Waals surface area (Å²) in [6.07, 6.45) is 0.261. The van der Waals surface area contributed by atoms with Crippen LogP contribution < -0.4 is 0 Å². The average molecular weight is 168 g/mol. The SMILES string of the molecule is CCC(=O)c1cc(F)ccc1O. The third-order valence-corrected chi connectivity index (χ3v) is 1.58. The maximum absolute atomic E-state index is 12.6. The Morgan fingerprint density at radius 3 is 2.83 bits per heavy atom. The van der Waals surface area contributed by atoms with Crippen molar-refractivity contribution in [1.82, 2.24) is 0 Å². The molecule has 0 bridgehead atoms. The summed E-state index contributed by atoms with van der Waals surface area (Å²) in [6.45, 7) is 1.66. The number of rotatable bonds is 2. The van der Waals surface area contributed by atoms with E-state index in [4.69, 9.17) is 5.11 Å². The smallest absolute Gasteiger partial charge is 0.166 e. The highest BCUT2D eigenvalue weighted by Gasteiger charge is 2.09. The minimum absolute atomic E-state index is 0.0532. The van der Waals surface area contributed by atoms with Gasteiger partial charge in [0, 0.05) is 6.42 Å². The maximum atomic E-state index is 12.6. The zero-order chi connectivity index (χ0) is 9.14. The molecule has 64 valence electrons. The van der Waals surface area contributed by atoms with Gasteiger partial charge in [0.05, 0.1) is 5.56 Å². The van der Waals surface area contributed by atoms with E-state index in [2.05, 4.69) is 0 Å². The number of ketones is 1. The van der Waals surface area contributed by atoms with E-state index in [0.29, 0.717) is 0 Å². The van der Waals surface area contributed by atoms with Crippen LogP contribution in [0.15, 0.2) is 18.2 Å². The number of benzene rings is 1. The first-order valence-electron chi connectivity index (χ1n) is 3.67. The second-order valence-corrected chi connectivity index (χ2v) is 2.44. The Morgan fingerprint density at radius 2 is 2.25 bits per heavy atom. The van der Waals surface area contributed by atoms with Crippen LogP contribution in [-0.4, -0.2) is 10.9 Å². The van der Waals surface area contributed by atoms with Gasteiger partial charge in [-0.2, -0.15) is 0 Å². The molecule has 2 nitrogen and oxygen atoms in total. The predicted octanol–water partition coefficient (Wildman–Crippen LogP) is 2.12. The van der Waals surface area contributed by atoms with Crippen LogP contribution >= 0.6 is 0 Å². The van der Waals surface area contributed by atoms with E-state index in [9.17, 15) is 9.18 Å². The third kappa shape index (κ3) is 1.61. The Hall–Kier alpha value is -1.38. The summed E-state index contributed by atoms with van der Waals surface area (Å²) >= 11 is 0. The fraction of sp³-hybridized carbons (Fsp3) is 0.222. The molecule has 0 saturated heterocycles. The second kappa shape index (κ2) is 3.34. The highest BCUT2D eigenvalue weighted by molar-refractivity contribution is 5.98. The zero-order valence-corrected chi connectivity index (χ0v) is 6.67. The molecule has 0 aliphatic carbocycles. The van der Waals surface area contributed by atoms with Gasteiger partial charge in [-0.25, -0.2) is 4.39 Å². The van der Waals surface area contributed by atoms with Gasteiger partial charge in [-0.05, 0) is 18.2 Å². The summed E-state index contributed by atoms with van der Waals surface area (Å²) < 4.78 is 12.6. The molecule has 1 aromatic rings. The van der Waals surface area contributed by atoms with Crippen molar-refractivity contribution in [1.29, 1.82) is 0 Å². The van der Waals surface area contributed by atoms with Gasteiger partial charge in [0.15, 0.2) is 5.78 Å². The fourth-order valence-corrected chi connectivity index (χ4v) is 0.922. The number of carbonyl (C=O) groups is 1. The van der Waals surface area contributed by atoms with Gasteiger partial charge in [0.1, 0.15) is 11.6 Å². The number of Topliss-reactive ketones (excluding diaryl/α,β-unsaturated/α-hetero) is 1. The van der Waals surface area contributed by atoms with Crippen LogP contribution in [0.5, 0.6) is 5.75 Å². The lowest BCUT2D eigenvalue weighted by atomic mass is 10.1. The topological polar surface area (TPSA) is 37.3 Å². The van der Waals surface area contributed by atoms with Crippen molar-refractivity contribution in [2.24, 2.45) is 0 Å². The van der Waals surface area contributed by atoms with Crippen molar-refractivity contribution in [3.63, 3.8) is 0 Å². The minimum atomic E-state index is -0.510. The van der Waals surface area contributed by atoms with Crippen LogP contribution in [0.4, 0.5) is 4.39 Å². The summed E-state index contributed by atoms with van der Waals surface area (Å²) in [5.41, 5.74) is 0.0532. The number of aromatic hydroxyl groups is 1. The molecule has 0 saturated carbocycles. The van der Waals surface area contributed by atoms with E-state index in [1.807, 2.05) is 0 Å². The molecular formula is C9H9FO2. The highest BCUT2D eigenvalue weighted by atomic mass is 19.1. The van der Waals surface area contributed by atoms with Gasteiger partial charge in [0.25, 0.3) is 0 Å². The van der Waals surface area contributed by atoms with Crippen LogP contribution in [0.1, 0.15) is 23.7 Å². The zero-order valence-electron chi connectivity index (χ0n) is 6.67. The Morgan fingerprint density at radius 1 is 1.58 bits per heavy atom. The van der Waals surface area contributed by atoms with Crippen LogP contribution in [0.2, 0.25) is 0 Å². The molecule has 0 aliphatic rings. The van der Waals surface area contributed by atoms with Gasteiger partial charge in [-0.15, -0.1) is 0 Å². The standard InChI is InChI=1S/C9H9FO2/c1-2-8(11)7-5-6(10)3-4-9(7)12/h3-5,12H,2H2,1H3. The molecule has 0 amide bonds. The lowest BCUT2D eigenvalue weighted by Gasteiger charge is -2.00. The average Bonchev–Trinajstić information content (AvgIpc) is 2.08. The molecule has 0 atom stereocenters. The molecule has 0 unspecified atom stereocenters. The second-order valence-electron chi connectivity index (χ2n) is 2.44. The molecule has 0 aromatic heterocycles. The number of hydrogen-bond acceptors (Lipinski definition) is 2. The summed E-state index contributed by atoms with van der Waals surface area (Å²) in [5, 5.41) is 9.15. The van der Waals surface area contributed by atoms with Crippen molar-refractivity contribution < 1.29 is 14.3 Å². The number of halogens is 1. The molecule has 0 fully saturated rings. The molecule has 12 heavy (non-hydrogen) atoms. The molecule has 0 radical (unpaired) electrons. The van der Waals surface area contributed by atoms with Gasteiger partial charge >= 0.3 is 0 Å². The van der Waals surface area contributed by atoms with E-state index < -0.39 is 5.82 Å². The van der Waals surface area contributed by atoms with Crippen molar-refractivity contribution in [3.8, 4) is 5.75 Å². The molecule has 1 aromatic carbocycles. The molecule has 0 spiro atoms. The summed E-state index contributed by atoms with van der Waals surface area (Å²) in [6, 6.07) is 3.33. The van der Waals surface area contributed by atoms with E-state index in [-0.39, 0.29) is 23.5 Å². The number of hydrogen-bond donors (Lipinski definition) is 1. The molecule has 0 heterocycles. The predicted molar refractivity (Wildman–Crippen MR) is 42.7 cm³/mol. The van der Waals surface area contributed by atoms with E-state index in [0.717, 1.165) is 12.1 Å². The van der Waals surface area contributed by atoms with Crippen LogP contribution in [-0.2, 0) is 0 Å². The van der Waals surface area contributed by atoms with Crippen LogP contribution in [0.25, 0.3) is 0 Å². The molecule has 3 heteroatoms. The van der Waals surface area contributed by atoms with Crippen molar-refractivity contribution in [2.45, 2.75) is 13.3 Å². The molecule has 1 N–H and O–H groups in total. The largest absolute Gasteiger partial charge is 0.507 e. The Bertz CT molecular complexity index is 307. The number of phenols is 1. The minimum Gasteiger partial charge on any atom is -0.507 e. The first-order valence-corrected chi connectivity index (χ1v) is 3.67. The van der Waals surface area contributed by atoms with Gasteiger partial charge in [0.2, 0.25) is 0 Å². The Balaban J connectivity index is 3.13. The first kappa shape index (κ1) is 8.71. The van der Waals surface area contributed by atoms with Gasteiger partial charge < -0.3 is 5.11 Å². The quantitative estimate of drug-likeness (QED) is 0.687. The molecule has 0 aliphatic heterocycles. The Labute approximate surface area is 69.6 Å². The van der Waals surface area contributed by atoms with Gasteiger partial charge in [-0.3, -0.25) is 4.79 Å². The molecular weight excluding hydrogens is 159 g/mol. The van der Waals surface area contributed by atoms with Crippen molar-refractivity contribution >= 4 is 5.78 Å². The molecule has 1 rings (SSSR count). The lowest BCUT2D eigenvalue weighted by molar-refractivity contribution is 0.0985. The van der Waals surface area contributed by atoms with Crippen molar-refractivity contribution in [3.05, 3.63) is 29.6 Å². The normalized spacial score (nSPS) is 9.83. The number of phenolic OH excluding ortho intramolecular Hbond substituents is 1. The summed E-state index contributed by atoms with van der Waals surface area (Å²) in [5.74, 6) is -0.931. The van der Waals surface area contributed by atoms with Crippen LogP contribution in [0.3, 0.4) is 0 Å². The Kier molecular flexibility index (Phi) is 2.43. The van der Waals surface area contributed by atoms with E-state index >= 15 is 0 Å². The fourth-order valence-electron chi connectivity index (χ4n) is 0.922. The maximum Gasteiger partial charge on any atom is 0.166 e. The third-order valence-electron chi connectivity index (χ3n) is 1.58. The summed E-state index contributed by atoms with van der Waals surface area (Å²) in [4.78, 5) is 11.1. The van der Waals surface area contributed by atoms with Crippen molar-refractivity contribution in [2.75, 3.05) is 0 Å². The summed E-state index contributed by atoms with van der Waals surface area (Å²) in [7, 11) is 0. The first-order chi connectivity index (χ1) is 5.65.